The van der Waals surface area contributed by atoms with Crippen LogP contribution in [0.4, 0.5) is 0 Å². The van der Waals surface area contributed by atoms with Crippen molar-refractivity contribution >= 4 is 28.3 Å². The lowest BCUT2D eigenvalue weighted by atomic mass is 10.1. The summed E-state index contributed by atoms with van der Waals surface area (Å²) in [6, 6.07) is 10.3. The number of aromatic nitrogens is 3. The number of thiazole rings is 1. The first-order valence-corrected chi connectivity index (χ1v) is 9.57. The van der Waals surface area contributed by atoms with Gasteiger partial charge in [-0.3, -0.25) is 9.59 Å². The summed E-state index contributed by atoms with van der Waals surface area (Å²) in [4.78, 5) is 39.9. The summed E-state index contributed by atoms with van der Waals surface area (Å²) in [5, 5.41) is 3.98. The van der Waals surface area contributed by atoms with Crippen LogP contribution in [0.15, 0.2) is 50.4 Å². The Morgan fingerprint density at radius 1 is 1.21 bits per heavy atom. The fraction of sp³-hybridized carbons (Fsp3) is 0.150. The van der Waals surface area contributed by atoms with E-state index >= 15 is 0 Å². The monoisotopic (exact) mass is 409 g/mol. The lowest BCUT2D eigenvalue weighted by molar-refractivity contribution is 0.0526. The Bertz CT molecular complexity index is 1380. The number of carbonyl (C=O) groups excluding carboxylic acids is 1. The molecule has 4 rings (SSSR count). The molecule has 0 unspecified atom stereocenters. The van der Waals surface area contributed by atoms with Crippen molar-refractivity contribution in [3.05, 3.63) is 78.7 Å². The Balaban J connectivity index is 1.67. The van der Waals surface area contributed by atoms with Crippen molar-refractivity contribution < 1.29 is 13.9 Å². The molecule has 1 aromatic carbocycles. The smallest absolute Gasteiger partial charge is 0.338 e. The predicted molar refractivity (Wildman–Crippen MR) is 107 cm³/mol. The van der Waals surface area contributed by atoms with Crippen LogP contribution in [-0.2, 0) is 4.74 Å². The number of ether oxygens (including phenoxy) is 1. The molecule has 9 heteroatoms. The summed E-state index contributed by atoms with van der Waals surface area (Å²) in [7, 11) is 0. The van der Waals surface area contributed by atoms with Crippen molar-refractivity contribution in [2.24, 2.45) is 0 Å². The van der Waals surface area contributed by atoms with Gasteiger partial charge in [-0.15, -0.1) is 0 Å². The van der Waals surface area contributed by atoms with Crippen molar-refractivity contribution in [3.8, 4) is 11.3 Å². The molecule has 0 aliphatic carbocycles. The lowest BCUT2D eigenvalue weighted by Gasteiger charge is -2.02. The third-order valence-corrected chi connectivity index (χ3v) is 5.08. The molecule has 0 radical (unpaired) electrons. The van der Waals surface area contributed by atoms with E-state index in [1.165, 1.54) is 6.92 Å². The molecule has 29 heavy (non-hydrogen) atoms. The molecule has 0 N–H and O–H groups in total. The number of esters is 1. The molecule has 0 spiro atoms. The second kappa shape index (κ2) is 7.44. The van der Waals surface area contributed by atoms with E-state index in [4.69, 9.17) is 9.15 Å². The highest BCUT2D eigenvalue weighted by molar-refractivity contribution is 7.15. The number of hydrogen-bond acceptors (Lipinski definition) is 8. The summed E-state index contributed by atoms with van der Waals surface area (Å²) in [6.45, 7) is 3.58. The molecular weight excluding hydrogens is 394 g/mol. The second-order valence-corrected chi connectivity index (χ2v) is 7.12. The van der Waals surface area contributed by atoms with Crippen LogP contribution in [0, 0.1) is 6.92 Å². The largest absolute Gasteiger partial charge is 0.462 e. The van der Waals surface area contributed by atoms with Gasteiger partial charge in [0.1, 0.15) is 21.7 Å². The van der Waals surface area contributed by atoms with Gasteiger partial charge in [0, 0.05) is 11.6 Å². The van der Waals surface area contributed by atoms with Gasteiger partial charge in [-0.2, -0.15) is 14.6 Å². The molecule has 4 aromatic rings. The molecule has 0 saturated heterocycles. The van der Waals surface area contributed by atoms with E-state index in [0.29, 0.717) is 28.2 Å². The normalized spacial score (nSPS) is 11.9. The molecule has 0 amide bonds. The molecule has 3 heterocycles. The van der Waals surface area contributed by atoms with Crippen LogP contribution >= 0.6 is 11.3 Å². The van der Waals surface area contributed by atoms with E-state index in [-0.39, 0.29) is 22.2 Å². The van der Waals surface area contributed by atoms with Gasteiger partial charge >= 0.3 is 5.97 Å². The highest BCUT2D eigenvalue weighted by Crippen LogP contribution is 2.23. The van der Waals surface area contributed by atoms with E-state index < -0.39 is 5.56 Å². The first-order valence-electron chi connectivity index (χ1n) is 8.76. The Morgan fingerprint density at radius 2 is 1.97 bits per heavy atom. The summed E-state index contributed by atoms with van der Waals surface area (Å²) >= 11 is 1.07. The molecule has 146 valence electrons. The average Bonchev–Trinajstić information content (AvgIpc) is 3.29. The van der Waals surface area contributed by atoms with Gasteiger partial charge in [-0.25, -0.2) is 4.79 Å². The fourth-order valence-corrected chi connectivity index (χ4v) is 3.57. The number of rotatable bonds is 4. The maximum atomic E-state index is 12.5. The van der Waals surface area contributed by atoms with E-state index in [2.05, 4.69) is 10.1 Å². The minimum absolute atomic E-state index is 0.163. The highest BCUT2D eigenvalue weighted by Gasteiger charge is 2.11. The lowest BCUT2D eigenvalue weighted by Crippen LogP contribution is -2.27. The summed E-state index contributed by atoms with van der Waals surface area (Å²) in [5.41, 5.74) is 0.582. The Kier molecular flexibility index (Phi) is 4.81. The molecular formula is C20H15N3O5S. The second-order valence-electron chi connectivity index (χ2n) is 6.11. The predicted octanol–water partition coefficient (Wildman–Crippen LogP) is 1.80. The first kappa shape index (κ1) is 18.8. The van der Waals surface area contributed by atoms with Gasteiger partial charge in [0.15, 0.2) is 0 Å². The molecule has 3 aromatic heterocycles. The van der Waals surface area contributed by atoms with Gasteiger partial charge in [0.05, 0.1) is 12.2 Å². The third-order valence-electron chi connectivity index (χ3n) is 4.12. The molecule has 0 fully saturated rings. The van der Waals surface area contributed by atoms with Crippen LogP contribution in [0.3, 0.4) is 0 Å². The number of benzene rings is 1. The van der Waals surface area contributed by atoms with Crippen molar-refractivity contribution in [1.82, 2.24) is 14.6 Å². The van der Waals surface area contributed by atoms with E-state index in [0.717, 1.165) is 21.4 Å². The van der Waals surface area contributed by atoms with Gasteiger partial charge in [0.25, 0.3) is 11.1 Å². The fourth-order valence-electron chi connectivity index (χ4n) is 2.69. The minimum atomic E-state index is -0.454. The first-order chi connectivity index (χ1) is 14.0. The quantitative estimate of drug-likeness (QED) is 0.474. The summed E-state index contributed by atoms with van der Waals surface area (Å²) < 4.78 is 12.2. The standard InChI is InChI=1S/C20H15N3O5S/c1-3-27-19(26)13-6-4-12(5-7-13)15-9-8-14(28-15)10-16-18(25)23-20(29-16)21-17(24)11(2)22-23/h4-10H,3H2,1-2H3. The van der Waals surface area contributed by atoms with Crippen molar-refractivity contribution in [2.45, 2.75) is 13.8 Å². The molecule has 0 bridgehead atoms. The van der Waals surface area contributed by atoms with E-state index in [1.807, 2.05) is 0 Å². The van der Waals surface area contributed by atoms with Gasteiger partial charge < -0.3 is 9.15 Å². The minimum Gasteiger partial charge on any atom is -0.462 e. The zero-order chi connectivity index (χ0) is 20.5. The van der Waals surface area contributed by atoms with Crippen molar-refractivity contribution in [3.63, 3.8) is 0 Å². The molecule has 0 aliphatic heterocycles. The van der Waals surface area contributed by atoms with Crippen LogP contribution < -0.4 is 15.7 Å². The van der Waals surface area contributed by atoms with Crippen molar-refractivity contribution in [2.75, 3.05) is 6.61 Å². The van der Waals surface area contributed by atoms with E-state index in [9.17, 15) is 14.4 Å². The number of fused-ring (bicyclic) bond motifs is 1. The van der Waals surface area contributed by atoms with Crippen molar-refractivity contribution in [1.29, 1.82) is 0 Å². The zero-order valence-corrected chi connectivity index (χ0v) is 16.4. The van der Waals surface area contributed by atoms with Gasteiger partial charge in [-0.05, 0) is 38.1 Å². The van der Waals surface area contributed by atoms with Crippen LogP contribution in [0.25, 0.3) is 22.4 Å². The number of hydrogen-bond donors (Lipinski definition) is 0. The zero-order valence-electron chi connectivity index (χ0n) is 15.5. The number of furan rings is 1. The van der Waals surface area contributed by atoms with Gasteiger partial charge in [-0.1, -0.05) is 23.5 Å². The van der Waals surface area contributed by atoms with Crippen LogP contribution in [0.1, 0.15) is 28.7 Å². The molecule has 0 aliphatic rings. The Hall–Kier alpha value is -3.59. The molecule has 8 nitrogen and oxygen atoms in total. The molecule has 0 saturated carbocycles. The number of carbonyl (C=O) groups is 1. The summed E-state index contributed by atoms with van der Waals surface area (Å²) in [5.74, 6) is 0.677. The maximum absolute atomic E-state index is 12.5. The van der Waals surface area contributed by atoms with Crippen LogP contribution in [0.5, 0.6) is 0 Å². The Labute approximate surface area is 167 Å². The third kappa shape index (κ3) is 3.59. The summed E-state index contributed by atoms with van der Waals surface area (Å²) in [6.07, 6.45) is 1.58. The highest BCUT2D eigenvalue weighted by atomic mass is 32.1. The van der Waals surface area contributed by atoms with Crippen LogP contribution in [-0.4, -0.2) is 27.2 Å². The topological polar surface area (TPSA) is 104 Å². The average molecular weight is 409 g/mol. The maximum Gasteiger partial charge on any atom is 0.338 e. The molecule has 0 atom stereocenters. The number of aryl methyl sites for hydroxylation is 1. The Morgan fingerprint density at radius 3 is 2.69 bits per heavy atom. The van der Waals surface area contributed by atoms with E-state index in [1.54, 1.807) is 49.4 Å². The SMILES string of the molecule is CCOC(=O)c1ccc(-c2ccc(C=c3sc4nc(=O)c(C)nn4c3=O)o2)cc1. The van der Waals surface area contributed by atoms with Crippen LogP contribution in [0.2, 0.25) is 0 Å². The van der Waals surface area contributed by atoms with Gasteiger partial charge in [0.2, 0.25) is 4.96 Å². The number of nitrogens with zero attached hydrogens (tertiary/aromatic N) is 3.